The smallest absolute Gasteiger partial charge is 0.269 e. The number of anilines is 1. The molecular formula is C18H15N5O5S. The Balaban J connectivity index is 1.53. The lowest BCUT2D eigenvalue weighted by atomic mass is 10.2. The third-order valence-electron chi connectivity index (χ3n) is 3.76. The van der Waals surface area contributed by atoms with E-state index in [1.54, 1.807) is 12.1 Å². The lowest BCUT2D eigenvalue weighted by Gasteiger charge is -2.07. The number of nitrogens with one attached hydrogen (secondary N) is 2. The molecule has 1 aliphatic rings. The summed E-state index contributed by atoms with van der Waals surface area (Å²) in [5.41, 5.74) is 1.04. The summed E-state index contributed by atoms with van der Waals surface area (Å²) in [6.45, 7) is 0. The molecule has 0 spiro atoms. The predicted octanol–water partition coefficient (Wildman–Crippen LogP) is 2.25. The van der Waals surface area contributed by atoms with E-state index in [4.69, 9.17) is 0 Å². The zero-order valence-electron chi connectivity index (χ0n) is 14.8. The molecule has 0 saturated carbocycles. The molecular weight excluding hydrogens is 398 g/mol. The number of aromatic hydroxyl groups is 1. The molecule has 10 nitrogen and oxygen atoms in total. The molecule has 0 bridgehead atoms. The summed E-state index contributed by atoms with van der Waals surface area (Å²) in [6, 6.07) is 11.7. The van der Waals surface area contributed by atoms with Crippen LogP contribution in [0, 0.1) is 10.1 Å². The van der Waals surface area contributed by atoms with Crippen LogP contribution in [0.2, 0.25) is 0 Å². The first-order valence-corrected chi connectivity index (χ1v) is 9.20. The van der Waals surface area contributed by atoms with Gasteiger partial charge in [0.05, 0.1) is 11.1 Å². The molecule has 0 radical (unpaired) electrons. The Bertz CT molecular complexity index is 989. The second-order valence-electron chi connectivity index (χ2n) is 5.89. The van der Waals surface area contributed by atoms with Crippen molar-refractivity contribution < 1.29 is 19.6 Å². The first-order valence-electron chi connectivity index (χ1n) is 8.32. The van der Waals surface area contributed by atoms with Gasteiger partial charge in [-0.15, -0.1) is 5.10 Å². The van der Waals surface area contributed by atoms with E-state index in [0.29, 0.717) is 5.69 Å². The highest BCUT2D eigenvalue weighted by atomic mass is 32.2. The van der Waals surface area contributed by atoms with Crippen LogP contribution in [0.15, 0.2) is 58.7 Å². The van der Waals surface area contributed by atoms with E-state index in [-0.39, 0.29) is 28.9 Å². The number of nitro groups is 1. The zero-order valence-corrected chi connectivity index (χ0v) is 15.6. The fraction of sp³-hybridized carbons (Fsp3) is 0.111. The normalized spacial score (nSPS) is 17.4. The number of carbonyl (C=O) groups excluding carboxylic acids is 2. The minimum atomic E-state index is -0.657. The second kappa shape index (κ2) is 8.97. The molecule has 3 N–H and O–H groups in total. The van der Waals surface area contributed by atoms with Crippen molar-refractivity contribution >= 4 is 46.3 Å². The van der Waals surface area contributed by atoms with Crippen LogP contribution in [0.1, 0.15) is 12.0 Å². The largest absolute Gasteiger partial charge is 0.508 e. The number of non-ortho nitro benzene ring substituents is 1. The van der Waals surface area contributed by atoms with Crippen molar-refractivity contribution in [1.82, 2.24) is 5.32 Å². The highest BCUT2D eigenvalue weighted by Gasteiger charge is 2.32. The Morgan fingerprint density at radius 2 is 1.93 bits per heavy atom. The first-order chi connectivity index (χ1) is 13.9. The average Bonchev–Trinajstić information content (AvgIpc) is 3.03. The van der Waals surface area contributed by atoms with Gasteiger partial charge < -0.3 is 15.7 Å². The Morgan fingerprint density at radius 3 is 2.59 bits per heavy atom. The van der Waals surface area contributed by atoms with Crippen LogP contribution in [-0.2, 0) is 9.59 Å². The SMILES string of the molecule is O=C(CC1S/C(=N/N=C/c2ccc(O)cc2)NC1=O)Nc1ccc([N+](=O)[O-])cc1. The van der Waals surface area contributed by atoms with Gasteiger partial charge in [0.2, 0.25) is 11.8 Å². The summed E-state index contributed by atoms with van der Waals surface area (Å²) < 4.78 is 0. The third kappa shape index (κ3) is 5.62. The fourth-order valence-electron chi connectivity index (χ4n) is 2.34. The van der Waals surface area contributed by atoms with Crippen molar-refractivity contribution in [3.05, 3.63) is 64.2 Å². The Kier molecular flexibility index (Phi) is 6.19. The number of amides is 2. The second-order valence-corrected chi connectivity index (χ2v) is 7.08. The van der Waals surface area contributed by atoms with Gasteiger partial charge in [-0.3, -0.25) is 19.7 Å². The monoisotopic (exact) mass is 413 g/mol. The zero-order chi connectivity index (χ0) is 20.8. The topological polar surface area (TPSA) is 146 Å². The highest BCUT2D eigenvalue weighted by Crippen LogP contribution is 2.23. The Labute approximate surface area is 168 Å². The van der Waals surface area contributed by atoms with Gasteiger partial charge in [0.1, 0.15) is 11.0 Å². The van der Waals surface area contributed by atoms with Crippen molar-refractivity contribution in [3.8, 4) is 5.75 Å². The van der Waals surface area contributed by atoms with Crippen LogP contribution >= 0.6 is 11.8 Å². The van der Waals surface area contributed by atoms with E-state index in [0.717, 1.165) is 17.3 Å². The lowest BCUT2D eigenvalue weighted by Crippen LogP contribution is -2.28. The van der Waals surface area contributed by atoms with Gasteiger partial charge in [-0.25, -0.2) is 0 Å². The number of phenols is 1. The maximum absolute atomic E-state index is 12.1. The van der Waals surface area contributed by atoms with E-state index in [9.17, 15) is 24.8 Å². The van der Waals surface area contributed by atoms with Crippen LogP contribution in [0.25, 0.3) is 0 Å². The molecule has 29 heavy (non-hydrogen) atoms. The standard InChI is InChI=1S/C18H15N5O5S/c24-14-7-1-11(2-8-14)10-19-22-18-21-17(26)15(29-18)9-16(25)20-12-3-5-13(6-4-12)23(27)28/h1-8,10,15,24H,9H2,(H,20,25)(H,21,22,26)/b19-10+. The molecule has 1 atom stereocenters. The van der Waals surface area contributed by atoms with Gasteiger partial charge in [-0.05, 0) is 42.0 Å². The molecule has 0 aromatic heterocycles. The summed E-state index contributed by atoms with van der Waals surface area (Å²) in [4.78, 5) is 34.3. The van der Waals surface area contributed by atoms with Gasteiger partial charge in [-0.1, -0.05) is 11.8 Å². The minimum Gasteiger partial charge on any atom is -0.508 e. The summed E-state index contributed by atoms with van der Waals surface area (Å²) in [5.74, 6) is -0.616. The van der Waals surface area contributed by atoms with Crippen LogP contribution in [0.4, 0.5) is 11.4 Å². The van der Waals surface area contributed by atoms with Gasteiger partial charge in [0.25, 0.3) is 5.69 Å². The number of nitro benzene ring substituents is 1. The molecule has 2 aromatic carbocycles. The van der Waals surface area contributed by atoms with E-state index in [1.165, 1.54) is 42.6 Å². The average molecular weight is 413 g/mol. The molecule has 1 saturated heterocycles. The number of carbonyl (C=O) groups is 2. The Morgan fingerprint density at radius 1 is 1.24 bits per heavy atom. The Hall–Kier alpha value is -3.73. The molecule has 1 aliphatic heterocycles. The van der Waals surface area contributed by atoms with Gasteiger partial charge >= 0.3 is 0 Å². The number of benzene rings is 2. The van der Waals surface area contributed by atoms with Crippen molar-refractivity contribution in [2.75, 3.05) is 5.32 Å². The minimum absolute atomic E-state index is 0.0811. The molecule has 3 rings (SSSR count). The first kappa shape index (κ1) is 20.0. The molecule has 2 amide bonds. The molecule has 2 aromatic rings. The lowest BCUT2D eigenvalue weighted by molar-refractivity contribution is -0.384. The summed E-state index contributed by atoms with van der Waals surface area (Å²) in [5, 5.41) is 32.4. The number of thioether (sulfide) groups is 1. The number of hydrogen-bond donors (Lipinski definition) is 3. The van der Waals surface area contributed by atoms with Crippen molar-refractivity contribution in [2.45, 2.75) is 11.7 Å². The number of hydrogen-bond acceptors (Lipinski definition) is 8. The summed E-state index contributed by atoms with van der Waals surface area (Å²) >= 11 is 1.09. The van der Waals surface area contributed by atoms with Crippen LogP contribution < -0.4 is 10.6 Å². The molecule has 148 valence electrons. The number of phenolic OH excluding ortho intramolecular Hbond substituents is 1. The predicted molar refractivity (Wildman–Crippen MR) is 109 cm³/mol. The van der Waals surface area contributed by atoms with Crippen molar-refractivity contribution in [2.24, 2.45) is 10.2 Å². The highest BCUT2D eigenvalue weighted by molar-refractivity contribution is 8.15. The van der Waals surface area contributed by atoms with Crippen LogP contribution in [0.5, 0.6) is 5.75 Å². The third-order valence-corrected chi connectivity index (χ3v) is 4.83. The van der Waals surface area contributed by atoms with E-state index in [1.807, 2.05) is 0 Å². The van der Waals surface area contributed by atoms with E-state index >= 15 is 0 Å². The van der Waals surface area contributed by atoms with Crippen molar-refractivity contribution in [1.29, 1.82) is 0 Å². The summed E-state index contributed by atoms with van der Waals surface area (Å²) in [7, 11) is 0. The van der Waals surface area contributed by atoms with Crippen LogP contribution in [0.3, 0.4) is 0 Å². The fourth-order valence-corrected chi connectivity index (χ4v) is 3.27. The molecule has 1 fully saturated rings. The van der Waals surface area contributed by atoms with Crippen molar-refractivity contribution in [3.63, 3.8) is 0 Å². The number of amidine groups is 1. The summed E-state index contributed by atoms with van der Waals surface area (Å²) in [6.07, 6.45) is 1.38. The van der Waals surface area contributed by atoms with Crippen LogP contribution in [-0.4, -0.2) is 38.5 Å². The van der Waals surface area contributed by atoms with Gasteiger partial charge in [0.15, 0.2) is 5.17 Å². The van der Waals surface area contributed by atoms with E-state index in [2.05, 4.69) is 20.8 Å². The molecule has 0 aliphatic carbocycles. The van der Waals surface area contributed by atoms with E-state index < -0.39 is 16.1 Å². The maximum atomic E-state index is 12.1. The quantitative estimate of drug-likeness (QED) is 0.376. The molecule has 11 heteroatoms. The molecule has 1 heterocycles. The number of rotatable bonds is 6. The molecule has 1 unspecified atom stereocenters. The maximum Gasteiger partial charge on any atom is 0.269 e. The van der Waals surface area contributed by atoms with Gasteiger partial charge in [-0.2, -0.15) is 5.10 Å². The van der Waals surface area contributed by atoms with Gasteiger partial charge in [0, 0.05) is 24.2 Å². The number of nitrogens with zero attached hydrogens (tertiary/aromatic N) is 3.